The number of allylic oxidation sites excluding steroid dienone is 6. The minimum Gasteiger partial charge on any atom is -0.460 e. The Kier molecular flexibility index (Phi) is 19.0. The molecule has 3 heterocycles. The van der Waals surface area contributed by atoms with Crippen LogP contribution in [0.25, 0.3) is 0 Å². The lowest BCUT2D eigenvalue weighted by Crippen LogP contribution is -2.61. The maximum Gasteiger partial charge on any atom is 0.329 e. The summed E-state index contributed by atoms with van der Waals surface area (Å²) in [5.74, 6) is -9.59. The molecule has 0 aromatic carbocycles. The Labute approximate surface area is 420 Å². The molecule has 0 spiro atoms. The summed E-state index contributed by atoms with van der Waals surface area (Å²) < 4.78 is 94.8. The number of esters is 1. The number of fused-ring (bicyclic) bond motifs is 3. The average molecular weight is 996 g/mol. The van der Waals surface area contributed by atoms with Crippen LogP contribution in [0, 0.1) is 35.5 Å². The van der Waals surface area contributed by atoms with Gasteiger partial charge in [0.25, 0.3) is 11.7 Å². The third-order valence-electron chi connectivity index (χ3n) is 14.6. The van der Waals surface area contributed by atoms with E-state index in [1.54, 1.807) is 65.0 Å². The number of ether oxygens (including phenoxy) is 5. The highest BCUT2D eigenvalue weighted by Gasteiger charge is 2.53. The number of amides is 1. The Hall–Kier alpha value is -3.14. The Bertz CT molecular complexity index is 2160. The van der Waals surface area contributed by atoms with E-state index in [9.17, 15) is 38.8 Å². The van der Waals surface area contributed by atoms with Crippen LogP contribution in [-0.2, 0) is 56.7 Å². The molecule has 1 saturated carbocycles. The zero-order valence-electron chi connectivity index (χ0n) is 48.4. The highest BCUT2D eigenvalue weighted by molar-refractivity contribution is 7.57. The number of piperidine rings is 1. The van der Waals surface area contributed by atoms with Crippen LogP contribution in [0.2, 0.25) is 0 Å². The van der Waals surface area contributed by atoms with Gasteiger partial charge in [-0.15, -0.1) is 0 Å². The Balaban J connectivity index is 1.73. The lowest BCUT2D eigenvalue weighted by atomic mass is 9.78. The zero-order chi connectivity index (χ0) is 56.4. The monoisotopic (exact) mass is 996 g/mol. The molecule has 390 valence electrons. The molecule has 16 heteroatoms. The minimum atomic E-state index is -4.02. The van der Waals surface area contributed by atoms with Gasteiger partial charge in [-0.3, -0.25) is 23.7 Å². The average Bonchev–Trinajstić information content (AvgIpc) is 3.33. The fourth-order valence-corrected chi connectivity index (χ4v) is 11.1. The molecule has 2 bridgehead atoms. The number of aliphatic hydroxyl groups excluding tert-OH is 1. The molecule has 16 atom stereocenters. The molecule has 2 saturated heterocycles. The van der Waals surface area contributed by atoms with Crippen LogP contribution < -0.4 is 0 Å². The first-order valence-electron chi connectivity index (χ1n) is 27.7. The quantitative estimate of drug-likeness (QED) is 0.103. The standard InChI is InChI=1S/C53H84NO14P/c1-32-18-14-13-15-19-33(2)44(63-8)30-40-23-21-38(7)53(61,67-40)50(58)51(59)54-25-17-16-20-41(54)52(60)66-45(35(4)28-39-22-24-43(46(29-39)64-9)68-69(11,12)62)31-42(55)34(3)27-37(6)48(57)49(65-10)47(56)36(5)26-32/h13-15,18-19,27,32,34-36,38-41,43-46,48-49,57,61H,16-17,20-26,28-31H2,1-12H3/b15-13?,18-14+,33-19?,37-27+/t32-,34-,35-,36-,38-,39+,40+,41+,43-,44+,45+,46-,48-,49+,53-/m1/s1/i8D3,11D3/t32-,34-,35-,36-,38-,39+,40+,41+,43-,44+,45+,46-,48-,49+,53-,69?. The Morgan fingerprint density at radius 3 is 2.33 bits per heavy atom. The van der Waals surface area contributed by atoms with Crippen molar-refractivity contribution in [3.8, 4) is 0 Å². The second kappa shape index (κ2) is 26.5. The van der Waals surface area contributed by atoms with Crippen molar-refractivity contribution < 1.29 is 75.2 Å². The number of nitrogens with zero attached hydrogens (tertiary/aromatic N) is 1. The maximum absolute atomic E-state index is 14.6. The van der Waals surface area contributed by atoms with Gasteiger partial charge in [-0.05, 0) is 107 Å². The van der Waals surface area contributed by atoms with Gasteiger partial charge >= 0.3 is 5.97 Å². The molecule has 4 rings (SSSR count). The van der Waals surface area contributed by atoms with Crippen molar-refractivity contribution in [2.24, 2.45) is 35.5 Å². The highest BCUT2D eigenvalue weighted by Crippen LogP contribution is 2.45. The number of hydrogen-bond acceptors (Lipinski definition) is 14. The van der Waals surface area contributed by atoms with Gasteiger partial charge in [-0.25, -0.2) is 4.79 Å². The molecule has 2 N–H and O–H groups in total. The third kappa shape index (κ3) is 16.2. The molecular weight excluding hydrogens is 906 g/mol. The lowest BCUT2D eigenvalue weighted by molar-refractivity contribution is -0.265. The molecule has 3 fully saturated rings. The molecule has 0 radical (unpaired) electrons. The molecule has 1 unspecified atom stereocenters. The summed E-state index contributed by atoms with van der Waals surface area (Å²) >= 11 is 0. The molecule has 1 amide bonds. The first-order chi connectivity index (χ1) is 34.8. The summed E-state index contributed by atoms with van der Waals surface area (Å²) in [6.07, 6.45) is 6.49. The van der Waals surface area contributed by atoms with E-state index in [4.69, 9.17) is 36.4 Å². The first kappa shape index (κ1) is 49.4. The lowest BCUT2D eigenvalue weighted by Gasteiger charge is -2.42. The van der Waals surface area contributed by atoms with Crippen molar-refractivity contribution in [3.05, 3.63) is 47.6 Å². The zero-order valence-corrected chi connectivity index (χ0v) is 43.3. The van der Waals surface area contributed by atoms with E-state index in [1.807, 2.05) is 19.9 Å². The van der Waals surface area contributed by atoms with Crippen LogP contribution in [0.5, 0.6) is 0 Å². The highest BCUT2D eigenvalue weighted by atomic mass is 31.2. The minimum absolute atomic E-state index is 0.0269. The number of hydrogen-bond donors (Lipinski definition) is 2. The van der Waals surface area contributed by atoms with Gasteiger partial charge in [-0.2, -0.15) is 0 Å². The molecule has 4 aliphatic rings. The predicted molar refractivity (Wildman–Crippen MR) is 263 cm³/mol. The van der Waals surface area contributed by atoms with Gasteiger partial charge in [0.05, 0.1) is 28.5 Å². The number of cyclic esters (lactones) is 1. The summed E-state index contributed by atoms with van der Waals surface area (Å²) in [6.45, 7) is 10.2. The fraction of sp³-hybridized carbons (Fsp3) is 0.755. The van der Waals surface area contributed by atoms with Gasteiger partial charge in [0.15, 0.2) is 13.2 Å². The summed E-state index contributed by atoms with van der Waals surface area (Å²) in [6, 6.07) is -1.28. The third-order valence-corrected chi connectivity index (χ3v) is 15.3. The van der Waals surface area contributed by atoms with E-state index in [0.717, 1.165) is 11.6 Å². The van der Waals surface area contributed by atoms with E-state index in [0.29, 0.717) is 62.5 Å². The topological polar surface area (TPSA) is 201 Å². The molecule has 1 aliphatic carbocycles. The molecule has 15 nitrogen and oxygen atoms in total. The van der Waals surface area contributed by atoms with Gasteiger partial charge in [-0.1, -0.05) is 71.1 Å². The summed E-state index contributed by atoms with van der Waals surface area (Å²) in [5.41, 5.74) is 0.817. The summed E-state index contributed by atoms with van der Waals surface area (Å²) in [4.78, 5) is 72.5. The van der Waals surface area contributed by atoms with Gasteiger partial charge in [0.2, 0.25) is 5.79 Å². The van der Waals surface area contributed by atoms with Crippen LogP contribution >= 0.6 is 7.37 Å². The molecule has 0 aromatic heterocycles. The van der Waals surface area contributed by atoms with Gasteiger partial charge in [0, 0.05) is 75.8 Å². The largest absolute Gasteiger partial charge is 0.460 e. The number of rotatable bonds is 8. The normalized spacial score (nSPS) is 40.1. The summed E-state index contributed by atoms with van der Waals surface area (Å²) in [7, 11) is -4.06. The SMILES string of the molecule is [2H]C([2H])([2H])O[C@H]1C[C@@H]2CC[C@@H](C)[C@@](O)(O2)C(=O)C(=O)N2CCCC[C@H]2C(=O)O[C@H]([C@H](C)C[C@@H]2CC[C@@H](OP(C)(=O)C([2H])([2H])[2H])[C@H](OC)C2)CC(=O)[C@H](C)/C=C(\C)[C@@H](O)[C@@H](OC)C(=O)[C@H](C)C[C@H](C)/C=C/C=CC=C1C. The van der Waals surface area contributed by atoms with Crippen molar-refractivity contribution in [1.82, 2.24) is 4.90 Å². The Morgan fingerprint density at radius 1 is 0.913 bits per heavy atom. The van der Waals surface area contributed by atoms with Crippen LogP contribution in [0.1, 0.15) is 134 Å². The maximum atomic E-state index is 14.6. The molecule has 69 heavy (non-hydrogen) atoms. The van der Waals surface area contributed by atoms with Crippen molar-refractivity contribution in [1.29, 1.82) is 0 Å². The number of carbonyl (C=O) groups excluding carboxylic acids is 5. The predicted octanol–water partition coefficient (Wildman–Crippen LogP) is 7.74. The number of ketones is 3. The van der Waals surface area contributed by atoms with E-state index in [-0.39, 0.29) is 55.6 Å². The number of aliphatic hydroxyl groups is 2. The van der Waals surface area contributed by atoms with Crippen molar-refractivity contribution >= 4 is 36.6 Å². The second-order valence-electron chi connectivity index (χ2n) is 20.4. The Morgan fingerprint density at radius 2 is 1.65 bits per heavy atom. The molecule has 0 aromatic rings. The number of methoxy groups -OCH3 is 3. The van der Waals surface area contributed by atoms with Crippen LogP contribution in [0.15, 0.2) is 47.6 Å². The fourth-order valence-electron chi connectivity index (χ4n) is 10.3. The number of carbonyl (C=O) groups is 5. The van der Waals surface area contributed by atoms with E-state index in [2.05, 4.69) is 0 Å². The second-order valence-corrected chi connectivity index (χ2v) is 22.3. The van der Waals surface area contributed by atoms with Gasteiger partial charge < -0.3 is 43.3 Å². The smallest absolute Gasteiger partial charge is 0.329 e. The van der Waals surface area contributed by atoms with Gasteiger partial charge in [0.1, 0.15) is 30.1 Å². The van der Waals surface area contributed by atoms with Crippen molar-refractivity contribution in [3.63, 3.8) is 0 Å². The van der Waals surface area contributed by atoms with Crippen molar-refractivity contribution in [2.45, 2.75) is 180 Å². The summed E-state index contributed by atoms with van der Waals surface area (Å²) in [5, 5.41) is 23.6. The van der Waals surface area contributed by atoms with Crippen molar-refractivity contribution in [2.75, 3.05) is 41.1 Å². The van der Waals surface area contributed by atoms with E-state index >= 15 is 0 Å². The van der Waals surface area contributed by atoms with E-state index < -0.39 is 117 Å². The van der Waals surface area contributed by atoms with Crippen LogP contribution in [0.4, 0.5) is 0 Å². The van der Waals surface area contributed by atoms with Crippen LogP contribution in [0.3, 0.4) is 0 Å². The van der Waals surface area contributed by atoms with Crippen LogP contribution in [-0.4, -0.2) is 140 Å². The first-order valence-corrected chi connectivity index (χ1v) is 26.8. The molecular formula is C53H84NO14P. The molecule has 3 aliphatic heterocycles. The number of Topliss-reactive ketones (excluding diaryl/α,β-unsaturated/α-hetero) is 3. The van der Waals surface area contributed by atoms with E-state index in [1.165, 1.54) is 14.2 Å².